The second kappa shape index (κ2) is 3.45. The van der Waals surface area contributed by atoms with Crippen molar-refractivity contribution in [2.75, 3.05) is 26.9 Å². The maximum atomic E-state index is 12.7. The lowest BCUT2D eigenvalue weighted by Gasteiger charge is -2.31. The van der Waals surface area contributed by atoms with Gasteiger partial charge in [-0.05, 0) is 6.42 Å². The molecule has 0 aromatic carbocycles. The monoisotopic (exact) mass is 165 g/mol. The maximum absolute atomic E-state index is 12.7. The van der Waals surface area contributed by atoms with Crippen molar-refractivity contribution in [3.8, 4) is 0 Å². The van der Waals surface area contributed by atoms with E-state index in [4.69, 9.17) is 4.74 Å². The SMILES string of the molecule is COCN1CCCC(F)(F)C1. The van der Waals surface area contributed by atoms with E-state index < -0.39 is 5.92 Å². The largest absolute Gasteiger partial charge is 0.369 e. The van der Waals surface area contributed by atoms with Gasteiger partial charge in [-0.25, -0.2) is 8.78 Å². The summed E-state index contributed by atoms with van der Waals surface area (Å²) in [6, 6.07) is 0. The predicted molar refractivity (Wildman–Crippen MR) is 37.6 cm³/mol. The van der Waals surface area contributed by atoms with E-state index in [1.165, 1.54) is 7.11 Å². The number of halogens is 2. The Morgan fingerprint density at radius 1 is 1.55 bits per heavy atom. The first-order chi connectivity index (χ1) is 5.14. The zero-order valence-electron chi connectivity index (χ0n) is 6.65. The van der Waals surface area contributed by atoms with E-state index in [9.17, 15) is 8.78 Å². The molecule has 0 radical (unpaired) electrons. The standard InChI is InChI=1S/C7H13F2NO/c1-11-6-10-4-2-3-7(8,9)5-10/h2-6H2,1H3. The van der Waals surface area contributed by atoms with Crippen LogP contribution in [0.1, 0.15) is 12.8 Å². The van der Waals surface area contributed by atoms with Crippen LogP contribution in [0.2, 0.25) is 0 Å². The Morgan fingerprint density at radius 2 is 2.27 bits per heavy atom. The normalized spacial score (nSPS) is 25.4. The molecule has 0 bridgehead atoms. The molecule has 0 unspecified atom stereocenters. The van der Waals surface area contributed by atoms with Crippen LogP contribution < -0.4 is 0 Å². The van der Waals surface area contributed by atoms with Crippen LogP contribution in [0.25, 0.3) is 0 Å². The lowest BCUT2D eigenvalue weighted by molar-refractivity contribution is -0.0880. The number of methoxy groups -OCH3 is 1. The number of piperidine rings is 1. The van der Waals surface area contributed by atoms with Crippen molar-refractivity contribution in [2.24, 2.45) is 0 Å². The van der Waals surface area contributed by atoms with Crippen molar-refractivity contribution >= 4 is 0 Å². The molecule has 0 aromatic heterocycles. The molecular formula is C7H13F2NO. The van der Waals surface area contributed by atoms with Gasteiger partial charge in [0.1, 0.15) is 0 Å². The maximum Gasteiger partial charge on any atom is 0.260 e. The quantitative estimate of drug-likeness (QED) is 0.612. The van der Waals surface area contributed by atoms with Gasteiger partial charge in [0.15, 0.2) is 0 Å². The number of likely N-dealkylation sites (tertiary alicyclic amines) is 1. The number of hydrogen-bond acceptors (Lipinski definition) is 2. The third-order valence-electron chi connectivity index (χ3n) is 1.78. The summed E-state index contributed by atoms with van der Waals surface area (Å²) in [5.41, 5.74) is 0. The molecule has 0 atom stereocenters. The molecule has 1 aliphatic rings. The average Bonchev–Trinajstić information content (AvgIpc) is 1.85. The van der Waals surface area contributed by atoms with Gasteiger partial charge in [-0.2, -0.15) is 0 Å². The first-order valence-electron chi connectivity index (χ1n) is 3.73. The lowest BCUT2D eigenvalue weighted by Crippen LogP contribution is -2.43. The molecule has 0 N–H and O–H groups in total. The molecule has 11 heavy (non-hydrogen) atoms. The second-order valence-electron chi connectivity index (χ2n) is 2.93. The summed E-state index contributed by atoms with van der Waals surface area (Å²) in [4.78, 5) is 1.63. The zero-order valence-corrected chi connectivity index (χ0v) is 6.65. The lowest BCUT2D eigenvalue weighted by atomic mass is 10.1. The summed E-state index contributed by atoms with van der Waals surface area (Å²) >= 11 is 0. The van der Waals surface area contributed by atoms with E-state index in [2.05, 4.69) is 0 Å². The van der Waals surface area contributed by atoms with Gasteiger partial charge in [0.2, 0.25) is 0 Å². The second-order valence-corrected chi connectivity index (χ2v) is 2.93. The van der Waals surface area contributed by atoms with Crippen LogP contribution in [0.15, 0.2) is 0 Å². The summed E-state index contributed by atoms with van der Waals surface area (Å²) in [6.45, 7) is 0.889. The van der Waals surface area contributed by atoms with Crippen LogP contribution >= 0.6 is 0 Å². The molecule has 1 rings (SSSR count). The van der Waals surface area contributed by atoms with Crippen molar-refractivity contribution in [3.63, 3.8) is 0 Å². The molecule has 0 aliphatic carbocycles. The van der Waals surface area contributed by atoms with Crippen LogP contribution in [-0.4, -0.2) is 37.8 Å². The first kappa shape index (κ1) is 8.87. The minimum atomic E-state index is -2.50. The fraction of sp³-hybridized carbons (Fsp3) is 1.00. The number of rotatable bonds is 2. The Kier molecular flexibility index (Phi) is 2.78. The molecule has 0 saturated carbocycles. The van der Waals surface area contributed by atoms with Gasteiger partial charge < -0.3 is 4.74 Å². The fourth-order valence-corrected chi connectivity index (χ4v) is 1.34. The van der Waals surface area contributed by atoms with Crippen LogP contribution in [-0.2, 0) is 4.74 Å². The van der Waals surface area contributed by atoms with E-state index in [0.717, 1.165) is 6.54 Å². The van der Waals surface area contributed by atoms with Gasteiger partial charge in [0.05, 0.1) is 13.3 Å². The number of ether oxygens (including phenoxy) is 1. The Morgan fingerprint density at radius 3 is 2.82 bits per heavy atom. The van der Waals surface area contributed by atoms with E-state index >= 15 is 0 Å². The highest BCUT2D eigenvalue weighted by molar-refractivity contribution is 4.76. The molecule has 1 aliphatic heterocycles. The average molecular weight is 165 g/mol. The van der Waals surface area contributed by atoms with Crippen LogP contribution in [0.3, 0.4) is 0 Å². The first-order valence-corrected chi connectivity index (χ1v) is 3.73. The van der Waals surface area contributed by atoms with Crippen LogP contribution in [0, 0.1) is 0 Å². The number of alkyl halides is 2. The molecule has 1 heterocycles. The van der Waals surface area contributed by atoms with Crippen molar-refractivity contribution in [1.82, 2.24) is 4.90 Å². The molecule has 0 amide bonds. The molecule has 0 spiro atoms. The highest BCUT2D eigenvalue weighted by Gasteiger charge is 2.34. The summed E-state index contributed by atoms with van der Waals surface area (Å²) in [5.74, 6) is -2.50. The van der Waals surface area contributed by atoms with Crippen LogP contribution in [0.4, 0.5) is 8.78 Å². The van der Waals surface area contributed by atoms with Gasteiger partial charge in [-0.15, -0.1) is 0 Å². The molecule has 4 heteroatoms. The van der Waals surface area contributed by atoms with Gasteiger partial charge in [-0.1, -0.05) is 0 Å². The molecular weight excluding hydrogens is 152 g/mol. The minimum absolute atomic E-state index is 0.0210. The van der Waals surface area contributed by atoms with Crippen molar-refractivity contribution in [2.45, 2.75) is 18.8 Å². The Bertz CT molecular complexity index is 128. The fourth-order valence-electron chi connectivity index (χ4n) is 1.34. The third-order valence-corrected chi connectivity index (χ3v) is 1.78. The van der Waals surface area contributed by atoms with E-state index in [0.29, 0.717) is 13.2 Å². The summed E-state index contributed by atoms with van der Waals surface area (Å²) in [6.07, 6.45) is 0.587. The number of hydrogen-bond donors (Lipinski definition) is 0. The van der Waals surface area contributed by atoms with Gasteiger partial charge in [0.25, 0.3) is 5.92 Å². The molecule has 1 saturated heterocycles. The highest BCUT2D eigenvalue weighted by Crippen LogP contribution is 2.25. The summed E-state index contributed by atoms with van der Waals surface area (Å²) in [5, 5.41) is 0. The van der Waals surface area contributed by atoms with E-state index in [1.807, 2.05) is 0 Å². The Labute approximate surface area is 65.1 Å². The van der Waals surface area contributed by atoms with E-state index in [-0.39, 0.29) is 13.0 Å². The minimum Gasteiger partial charge on any atom is -0.369 e. The molecule has 0 aromatic rings. The predicted octanol–water partition coefficient (Wildman–Crippen LogP) is 1.32. The zero-order chi connectivity index (χ0) is 8.32. The molecule has 2 nitrogen and oxygen atoms in total. The van der Waals surface area contributed by atoms with Gasteiger partial charge in [0, 0.05) is 20.1 Å². The highest BCUT2D eigenvalue weighted by atomic mass is 19.3. The summed E-state index contributed by atoms with van der Waals surface area (Å²) in [7, 11) is 1.52. The van der Waals surface area contributed by atoms with Gasteiger partial charge >= 0.3 is 0 Å². The van der Waals surface area contributed by atoms with Gasteiger partial charge in [-0.3, -0.25) is 4.90 Å². The Balaban J connectivity index is 2.34. The van der Waals surface area contributed by atoms with E-state index in [1.54, 1.807) is 4.90 Å². The Hall–Kier alpha value is -0.220. The summed E-state index contributed by atoms with van der Waals surface area (Å²) < 4.78 is 30.1. The molecule has 66 valence electrons. The van der Waals surface area contributed by atoms with Crippen molar-refractivity contribution < 1.29 is 13.5 Å². The van der Waals surface area contributed by atoms with Crippen molar-refractivity contribution in [3.05, 3.63) is 0 Å². The molecule has 1 fully saturated rings. The van der Waals surface area contributed by atoms with Crippen molar-refractivity contribution in [1.29, 1.82) is 0 Å². The smallest absolute Gasteiger partial charge is 0.260 e. The topological polar surface area (TPSA) is 12.5 Å². The third kappa shape index (κ3) is 2.71. The number of nitrogens with zero attached hydrogens (tertiary/aromatic N) is 1. The van der Waals surface area contributed by atoms with Crippen LogP contribution in [0.5, 0.6) is 0 Å².